The number of anilines is 1. The Morgan fingerprint density at radius 1 is 0.795 bits per heavy atom. The second-order valence-corrected chi connectivity index (χ2v) is 10.6. The van der Waals surface area contributed by atoms with E-state index in [1.807, 2.05) is 54.6 Å². The first-order valence-electron chi connectivity index (χ1n) is 14.5. The third-order valence-corrected chi connectivity index (χ3v) is 7.25. The van der Waals surface area contributed by atoms with Crippen LogP contribution in [-0.2, 0) is 17.8 Å². The highest BCUT2D eigenvalue weighted by molar-refractivity contribution is 6.00. The number of ether oxygens (including phenoxy) is 2. The number of amides is 3. The minimum atomic E-state index is -1.11. The Labute approximate surface area is 255 Å². The predicted octanol–water partition coefficient (Wildman–Crippen LogP) is 5.94. The van der Waals surface area contributed by atoms with Crippen LogP contribution in [0, 0.1) is 0 Å². The highest BCUT2D eigenvalue weighted by atomic mass is 16.5. The lowest BCUT2D eigenvalue weighted by Gasteiger charge is -2.29. The molecule has 44 heavy (non-hydrogen) atoms. The number of nitrogens with one attached hydrogen (secondary N) is 3. The molecule has 226 valence electrons. The summed E-state index contributed by atoms with van der Waals surface area (Å²) in [5.41, 5.74) is 1.99. The van der Waals surface area contributed by atoms with Gasteiger partial charge in [-0.3, -0.25) is 4.79 Å². The van der Waals surface area contributed by atoms with Gasteiger partial charge in [-0.15, -0.1) is 0 Å². The molecule has 0 saturated heterocycles. The maximum Gasteiger partial charge on any atom is 0.337 e. The van der Waals surface area contributed by atoms with Crippen molar-refractivity contribution in [1.82, 2.24) is 15.6 Å². The van der Waals surface area contributed by atoms with Gasteiger partial charge in [-0.05, 0) is 73.2 Å². The first kappa shape index (κ1) is 30.1. The molecule has 0 radical (unpaired) electrons. The number of aromatic carboxylic acids is 1. The fourth-order valence-electron chi connectivity index (χ4n) is 4.97. The van der Waals surface area contributed by atoms with Crippen LogP contribution in [0.25, 0.3) is 0 Å². The largest absolute Gasteiger partial charge is 0.490 e. The molecule has 1 fully saturated rings. The SMILES string of the molecule is O=C(Cc1ccc(Oc2ccc(OC3CCC(NC(=O)NCc4ccccc4)CC3)cc2)nc1)Nc1ccccc1C(=O)O. The quantitative estimate of drug-likeness (QED) is 0.168. The van der Waals surface area contributed by atoms with Crippen molar-refractivity contribution in [3.63, 3.8) is 0 Å². The molecule has 1 aliphatic carbocycles. The summed E-state index contributed by atoms with van der Waals surface area (Å²) < 4.78 is 12.0. The molecule has 4 aromatic rings. The first-order valence-corrected chi connectivity index (χ1v) is 14.5. The summed E-state index contributed by atoms with van der Waals surface area (Å²) in [6, 6.07) is 26.8. The fraction of sp³-hybridized carbons (Fsp3) is 0.235. The maximum absolute atomic E-state index is 12.4. The van der Waals surface area contributed by atoms with Crippen molar-refractivity contribution in [2.75, 3.05) is 5.32 Å². The Kier molecular flexibility index (Phi) is 10.0. The number of carboxylic acid groups (broad SMARTS) is 1. The molecule has 1 saturated carbocycles. The lowest BCUT2D eigenvalue weighted by atomic mass is 9.93. The average molecular weight is 595 g/mol. The Morgan fingerprint density at radius 3 is 2.20 bits per heavy atom. The van der Waals surface area contributed by atoms with Gasteiger partial charge in [0.05, 0.1) is 23.8 Å². The van der Waals surface area contributed by atoms with Gasteiger partial charge in [0.1, 0.15) is 11.5 Å². The fourth-order valence-corrected chi connectivity index (χ4v) is 4.97. The minimum Gasteiger partial charge on any atom is -0.490 e. The second-order valence-electron chi connectivity index (χ2n) is 10.6. The lowest BCUT2D eigenvalue weighted by molar-refractivity contribution is -0.115. The molecule has 0 atom stereocenters. The van der Waals surface area contributed by atoms with E-state index in [2.05, 4.69) is 20.9 Å². The number of hydrogen-bond acceptors (Lipinski definition) is 6. The average Bonchev–Trinajstić information content (AvgIpc) is 3.03. The number of carbonyl (C=O) groups excluding carboxylic acids is 2. The van der Waals surface area contributed by atoms with Gasteiger partial charge in [-0.25, -0.2) is 14.6 Å². The van der Waals surface area contributed by atoms with Crippen LogP contribution in [0.15, 0.2) is 97.2 Å². The highest BCUT2D eigenvalue weighted by Gasteiger charge is 2.23. The van der Waals surface area contributed by atoms with E-state index in [4.69, 9.17) is 9.47 Å². The number of para-hydroxylation sites is 1. The van der Waals surface area contributed by atoms with Crippen LogP contribution < -0.4 is 25.4 Å². The second kappa shape index (κ2) is 14.7. The third-order valence-electron chi connectivity index (χ3n) is 7.25. The summed E-state index contributed by atoms with van der Waals surface area (Å²) in [7, 11) is 0. The van der Waals surface area contributed by atoms with Gasteiger partial charge >= 0.3 is 12.0 Å². The highest BCUT2D eigenvalue weighted by Crippen LogP contribution is 2.27. The Morgan fingerprint density at radius 2 is 1.50 bits per heavy atom. The summed E-state index contributed by atoms with van der Waals surface area (Å²) in [5.74, 6) is 0.251. The number of carboxylic acids is 1. The molecule has 0 spiro atoms. The van der Waals surface area contributed by atoms with Gasteiger partial charge in [0.25, 0.3) is 0 Å². The van der Waals surface area contributed by atoms with Crippen LogP contribution in [0.5, 0.6) is 17.4 Å². The predicted molar refractivity (Wildman–Crippen MR) is 165 cm³/mol. The van der Waals surface area contributed by atoms with Gasteiger partial charge in [0.2, 0.25) is 11.8 Å². The van der Waals surface area contributed by atoms with Gasteiger partial charge < -0.3 is 30.5 Å². The summed E-state index contributed by atoms with van der Waals surface area (Å²) in [6.45, 7) is 0.498. The third kappa shape index (κ3) is 8.81. The molecule has 0 unspecified atom stereocenters. The zero-order valence-corrected chi connectivity index (χ0v) is 24.1. The van der Waals surface area contributed by atoms with E-state index in [-0.39, 0.29) is 41.8 Å². The standard InChI is InChI=1S/C34H34N4O6/c39-31(38-30-9-5-4-8-29(30)33(40)41)20-24-10-19-32(35-22-24)44-28-17-15-27(16-18-28)43-26-13-11-25(12-14-26)37-34(42)36-21-23-6-2-1-3-7-23/h1-10,15-19,22,25-26H,11-14,20-21H2,(H,38,39)(H,40,41)(H2,36,37,42). The molecule has 5 rings (SSSR count). The van der Waals surface area contributed by atoms with Crippen LogP contribution in [-0.4, -0.2) is 40.1 Å². The molecule has 3 aromatic carbocycles. The number of pyridine rings is 1. The number of nitrogens with zero attached hydrogens (tertiary/aromatic N) is 1. The molecule has 0 aliphatic heterocycles. The number of aromatic nitrogens is 1. The summed E-state index contributed by atoms with van der Waals surface area (Å²) in [6.07, 6.45) is 5.06. The van der Waals surface area contributed by atoms with E-state index in [9.17, 15) is 19.5 Å². The van der Waals surface area contributed by atoms with Gasteiger partial charge in [0.15, 0.2) is 0 Å². The molecule has 1 aromatic heterocycles. The van der Waals surface area contributed by atoms with E-state index in [0.717, 1.165) is 37.0 Å². The molecular formula is C34H34N4O6. The van der Waals surface area contributed by atoms with Crippen LogP contribution >= 0.6 is 0 Å². The van der Waals surface area contributed by atoms with Crippen molar-refractivity contribution in [3.8, 4) is 17.4 Å². The molecule has 10 nitrogen and oxygen atoms in total. The Bertz CT molecular complexity index is 1550. The summed E-state index contributed by atoms with van der Waals surface area (Å²) in [4.78, 5) is 40.3. The van der Waals surface area contributed by atoms with Crippen LogP contribution in [0.4, 0.5) is 10.5 Å². The van der Waals surface area contributed by atoms with Crippen LogP contribution in [0.1, 0.15) is 47.2 Å². The van der Waals surface area contributed by atoms with Gasteiger partial charge in [-0.1, -0.05) is 48.5 Å². The topological polar surface area (TPSA) is 139 Å². The van der Waals surface area contributed by atoms with Crippen molar-refractivity contribution < 1.29 is 29.0 Å². The number of benzene rings is 3. The number of urea groups is 1. The first-order chi connectivity index (χ1) is 21.4. The minimum absolute atomic E-state index is 0.0278. The molecule has 10 heteroatoms. The molecular weight excluding hydrogens is 560 g/mol. The monoisotopic (exact) mass is 594 g/mol. The van der Waals surface area contributed by atoms with E-state index >= 15 is 0 Å². The molecule has 1 aliphatic rings. The summed E-state index contributed by atoms with van der Waals surface area (Å²) in [5, 5.41) is 17.9. The van der Waals surface area contributed by atoms with Crippen molar-refractivity contribution in [3.05, 3.63) is 114 Å². The normalized spacial score (nSPS) is 15.9. The molecule has 4 N–H and O–H groups in total. The zero-order chi connectivity index (χ0) is 30.7. The van der Waals surface area contributed by atoms with Gasteiger partial charge in [0, 0.05) is 24.8 Å². The Hall–Kier alpha value is -5.38. The van der Waals surface area contributed by atoms with Gasteiger partial charge in [-0.2, -0.15) is 0 Å². The summed E-state index contributed by atoms with van der Waals surface area (Å²) >= 11 is 0. The number of rotatable bonds is 11. The van der Waals surface area contributed by atoms with E-state index in [1.165, 1.54) is 6.07 Å². The van der Waals surface area contributed by atoms with Crippen molar-refractivity contribution in [2.24, 2.45) is 0 Å². The van der Waals surface area contributed by atoms with Crippen molar-refractivity contribution >= 4 is 23.6 Å². The lowest BCUT2D eigenvalue weighted by Crippen LogP contribution is -2.44. The number of carbonyl (C=O) groups is 3. The van der Waals surface area contributed by atoms with Crippen LogP contribution in [0.3, 0.4) is 0 Å². The Balaban J connectivity index is 1.03. The van der Waals surface area contributed by atoms with Crippen molar-refractivity contribution in [2.45, 2.75) is 50.8 Å². The molecule has 1 heterocycles. The van der Waals surface area contributed by atoms with Crippen LogP contribution in [0.2, 0.25) is 0 Å². The smallest absolute Gasteiger partial charge is 0.337 e. The molecule has 3 amide bonds. The molecule has 0 bridgehead atoms. The zero-order valence-electron chi connectivity index (χ0n) is 24.1. The number of hydrogen-bond donors (Lipinski definition) is 4. The van der Waals surface area contributed by atoms with E-state index in [0.29, 0.717) is 23.7 Å². The van der Waals surface area contributed by atoms with Crippen molar-refractivity contribution in [1.29, 1.82) is 0 Å². The van der Waals surface area contributed by atoms with E-state index in [1.54, 1.807) is 36.5 Å². The van der Waals surface area contributed by atoms with E-state index < -0.39 is 5.97 Å². The maximum atomic E-state index is 12.4.